The van der Waals surface area contributed by atoms with Gasteiger partial charge in [-0.3, -0.25) is 4.79 Å². The fourth-order valence-corrected chi connectivity index (χ4v) is 0.952. The number of carbonyl (C=O) groups excluding carboxylic acids is 1. The van der Waals surface area contributed by atoms with Crippen LogP contribution in [0.4, 0.5) is 0 Å². The quantitative estimate of drug-likeness (QED) is 0.581. The average molecular weight is 183 g/mol. The first kappa shape index (κ1) is 11.9. The molecule has 0 saturated carbocycles. The molecule has 4 heteroatoms. The number of hydrogen-bond donors (Lipinski definition) is 2. The minimum absolute atomic E-state index is 0.00733. The summed E-state index contributed by atoms with van der Waals surface area (Å²) < 4.78 is 0. The second-order valence-electron chi connectivity index (χ2n) is 3.01. The van der Waals surface area contributed by atoms with Crippen LogP contribution in [0.1, 0.15) is 19.8 Å². The van der Waals surface area contributed by atoms with Crippen LogP contribution < -0.4 is 10.6 Å². The minimum Gasteiger partial charge on any atom is -0.356 e. The molecule has 4 nitrogen and oxygen atoms in total. The molecule has 74 valence electrons. The first-order valence-electron chi connectivity index (χ1n) is 4.51. The maximum Gasteiger partial charge on any atom is 0.224 e. The van der Waals surface area contributed by atoms with E-state index in [1.54, 1.807) is 0 Å². The van der Waals surface area contributed by atoms with E-state index in [9.17, 15) is 4.79 Å². The van der Waals surface area contributed by atoms with Crippen molar-refractivity contribution in [2.75, 3.05) is 20.1 Å². The molecule has 0 spiro atoms. The van der Waals surface area contributed by atoms with Crippen LogP contribution in [-0.2, 0) is 4.79 Å². The molecular weight excluding hydrogens is 166 g/mol. The van der Waals surface area contributed by atoms with Gasteiger partial charge in [0.25, 0.3) is 0 Å². The SMILES string of the molecule is CNCC(C)C(=O)NCCCC#N. The lowest BCUT2D eigenvalue weighted by Crippen LogP contribution is -2.34. The molecule has 0 radical (unpaired) electrons. The lowest BCUT2D eigenvalue weighted by molar-refractivity contribution is -0.124. The first-order valence-corrected chi connectivity index (χ1v) is 4.51. The summed E-state index contributed by atoms with van der Waals surface area (Å²) in [6.45, 7) is 3.15. The lowest BCUT2D eigenvalue weighted by Gasteiger charge is -2.10. The fourth-order valence-electron chi connectivity index (χ4n) is 0.952. The van der Waals surface area contributed by atoms with E-state index in [1.165, 1.54) is 0 Å². The van der Waals surface area contributed by atoms with Gasteiger partial charge in [-0.1, -0.05) is 6.92 Å². The molecule has 0 aliphatic rings. The van der Waals surface area contributed by atoms with E-state index >= 15 is 0 Å². The van der Waals surface area contributed by atoms with E-state index in [4.69, 9.17) is 5.26 Å². The second kappa shape index (κ2) is 7.56. The van der Waals surface area contributed by atoms with Gasteiger partial charge in [-0.15, -0.1) is 0 Å². The van der Waals surface area contributed by atoms with Crippen LogP contribution in [0.5, 0.6) is 0 Å². The van der Waals surface area contributed by atoms with Gasteiger partial charge in [0, 0.05) is 25.4 Å². The summed E-state index contributed by atoms with van der Waals surface area (Å²) in [5, 5.41) is 14.0. The van der Waals surface area contributed by atoms with Crippen LogP contribution in [0.2, 0.25) is 0 Å². The molecule has 0 fully saturated rings. The standard InChI is InChI=1S/C9H17N3O/c1-8(7-11-2)9(13)12-6-4-3-5-10/h8,11H,3-4,6-7H2,1-2H3,(H,12,13). The summed E-state index contributed by atoms with van der Waals surface area (Å²) in [6.07, 6.45) is 1.23. The van der Waals surface area contributed by atoms with E-state index in [-0.39, 0.29) is 11.8 Å². The smallest absolute Gasteiger partial charge is 0.224 e. The van der Waals surface area contributed by atoms with Crippen LogP contribution >= 0.6 is 0 Å². The zero-order valence-electron chi connectivity index (χ0n) is 8.26. The monoisotopic (exact) mass is 183 g/mol. The van der Waals surface area contributed by atoms with Crippen LogP contribution in [-0.4, -0.2) is 26.0 Å². The van der Waals surface area contributed by atoms with Crippen molar-refractivity contribution in [1.29, 1.82) is 5.26 Å². The highest BCUT2D eigenvalue weighted by Crippen LogP contribution is 1.92. The summed E-state index contributed by atoms with van der Waals surface area (Å²) in [7, 11) is 1.82. The summed E-state index contributed by atoms with van der Waals surface area (Å²) in [5.74, 6) is 0.0411. The van der Waals surface area contributed by atoms with Gasteiger partial charge in [0.15, 0.2) is 0 Å². The molecule has 0 aromatic rings. The number of nitriles is 1. The van der Waals surface area contributed by atoms with Crippen molar-refractivity contribution < 1.29 is 4.79 Å². The van der Waals surface area contributed by atoms with Crippen molar-refractivity contribution in [2.45, 2.75) is 19.8 Å². The van der Waals surface area contributed by atoms with Crippen molar-refractivity contribution in [1.82, 2.24) is 10.6 Å². The molecule has 0 aromatic carbocycles. The molecule has 2 N–H and O–H groups in total. The molecule has 1 unspecified atom stereocenters. The van der Waals surface area contributed by atoms with E-state index in [0.29, 0.717) is 19.5 Å². The van der Waals surface area contributed by atoms with Crippen molar-refractivity contribution in [3.8, 4) is 6.07 Å². The van der Waals surface area contributed by atoms with Crippen molar-refractivity contribution in [2.24, 2.45) is 5.92 Å². The van der Waals surface area contributed by atoms with E-state index in [0.717, 1.165) is 6.42 Å². The van der Waals surface area contributed by atoms with Crippen LogP contribution in [0.25, 0.3) is 0 Å². The first-order chi connectivity index (χ1) is 6.22. The normalized spacial score (nSPS) is 11.8. The Bertz CT molecular complexity index is 186. The van der Waals surface area contributed by atoms with Crippen LogP contribution in [0.3, 0.4) is 0 Å². The van der Waals surface area contributed by atoms with Crippen LogP contribution in [0, 0.1) is 17.2 Å². The average Bonchev–Trinajstić information content (AvgIpc) is 2.12. The minimum atomic E-state index is -0.00733. The molecule has 0 saturated heterocycles. The molecule has 0 aliphatic heterocycles. The van der Waals surface area contributed by atoms with Crippen LogP contribution in [0.15, 0.2) is 0 Å². The van der Waals surface area contributed by atoms with E-state index < -0.39 is 0 Å². The molecular formula is C9H17N3O. The Balaban J connectivity index is 3.45. The maximum atomic E-state index is 11.3. The lowest BCUT2D eigenvalue weighted by atomic mass is 10.1. The van der Waals surface area contributed by atoms with Gasteiger partial charge in [-0.05, 0) is 13.5 Å². The predicted octanol–water partition coefficient (Wildman–Crippen LogP) is 0.262. The molecule has 0 rings (SSSR count). The Morgan fingerprint density at radius 3 is 2.85 bits per heavy atom. The number of nitrogens with one attached hydrogen (secondary N) is 2. The molecule has 13 heavy (non-hydrogen) atoms. The van der Waals surface area contributed by atoms with Gasteiger partial charge in [0.05, 0.1) is 6.07 Å². The molecule has 1 amide bonds. The van der Waals surface area contributed by atoms with Crippen molar-refractivity contribution >= 4 is 5.91 Å². The number of amides is 1. The summed E-state index contributed by atoms with van der Waals surface area (Å²) >= 11 is 0. The molecule has 0 bridgehead atoms. The zero-order valence-corrected chi connectivity index (χ0v) is 8.26. The fraction of sp³-hybridized carbons (Fsp3) is 0.778. The summed E-state index contributed by atoms with van der Waals surface area (Å²) in [5.41, 5.74) is 0. The molecule has 0 heterocycles. The van der Waals surface area contributed by atoms with Gasteiger partial charge in [-0.25, -0.2) is 0 Å². The highest BCUT2D eigenvalue weighted by atomic mass is 16.1. The Morgan fingerprint density at radius 2 is 2.31 bits per heavy atom. The third-order valence-electron chi connectivity index (χ3n) is 1.72. The Labute approximate surface area is 79.3 Å². The zero-order chi connectivity index (χ0) is 10.1. The van der Waals surface area contributed by atoms with Gasteiger partial charge < -0.3 is 10.6 Å². The van der Waals surface area contributed by atoms with Gasteiger partial charge in [-0.2, -0.15) is 5.26 Å². The molecule has 0 aliphatic carbocycles. The number of nitrogens with zero attached hydrogens (tertiary/aromatic N) is 1. The topological polar surface area (TPSA) is 64.9 Å². The van der Waals surface area contributed by atoms with Crippen molar-refractivity contribution in [3.63, 3.8) is 0 Å². The van der Waals surface area contributed by atoms with Crippen molar-refractivity contribution in [3.05, 3.63) is 0 Å². The second-order valence-corrected chi connectivity index (χ2v) is 3.01. The highest BCUT2D eigenvalue weighted by Gasteiger charge is 2.09. The Morgan fingerprint density at radius 1 is 1.62 bits per heavy atom. The number of carbonyl (C=O) groups is 1. The maximum absolute atomic E-state index is 11.3. The van der Waals surface area contributed by atoms with E-state index in [1.807, 2.05) is 20.0 Å². The van der Waals surface area contributed by atoms with Gasteiger partial charge >= 0.3 is 0 Å². The molecule has 1 atom stereocenters. The Hall–Kier alpha value is -1.08. The largest absolute Gasteiger partial charge is 0.356 e. The number of unbranched alkanes of at least 4 members (excludes halogenated alkanes) is 1. The third kappa shape index (κ3) is 6.12. The van der Waals surface area contributed by atoms with Gasteiger partial charge in [0.1, 0.15) is 0 Å². The van der Waals surface area contributed by atoms with Gasteiger partial charge in [0.2, 0.25) is 5.91 Å². The summed E-state index contributed by atoms with van der Waals surface area (Å²) in [6, 6.07) is 2.03. The number of rotatable bonds is 6. The number of hydrogen-bond acceptors (Lipinski definition) is 3. The predicted molar refractivity (Wildman–Crippen MR) is 50.9 cm³/mol. The third-order valence-corrected chi connectivity index (χ3v) is 1.72. The Kier molecular flexibility index (Phi) is 6.93. The highest BCUT2D eigenvalue weighted by molar-refractivity contribution is 5.78. The summed E-state index contributed by atoms with van der Waals surface area (Å²) in [4.78, 5) is 11.3. The van der Waals surface area contributed by atoms with E-state index in [2.05, 4.69) is 10.6 Å². The molecule has 0 aromatic heterocycles.